The molecule has 0 unspecified atom stereocenters. The van der Waals surface area contributed by atoms with Gasteiger partial charge >= 0.3 is 0 Å². The van der Waals surface area contributed by atoms with Crippen molar-refractivity contribution in [2.24, 2.45) is 5.92 Å². The average molecular weight is 553 g/mol. The van der Waals surface area contributed by atoms with Gasteiger partial charge in [-0.15, -0.1) is 0 Å². The second kappa shape index (κ2) is 10.9. The summed E-state index contributed by atoms with van der Waals surface area (Å²) < 4.78 is 41.8. The van der Waals surface area contributed by atoms with Crippen LogP contribution in [0.15, 0.2) is 71.8 Å². The molecule has 3 heterocycles. The van der Waals surface area contributed by atoms with Gasteiger partial charge in [0.05, 0.1) is 27.4 Å². The third-order valence-corrected chi connectivity index (χ3v) is 9.82. The van der Waals surface area contributed by atoms with Gasteiger partial charge < -0.3 is 0 Å². The van der Waals surface area contributed by atoms with E-state index >= 15 is 0 Å². The monoisotopic (exact) mass is 552 g/mol. The number of hydrogen-bond acceptors (Lipinski definition) is 6. The van der Waals surface area contributed by atoms with Crippen LogP contribution in [0.25, 0.3) is 10.2 Å². The molecule has 1 aliphatic heterocycles. The molecule has 0 saturated carbocycles. The smallest absolute Gasteiger partial charge is 0.243 e. The molecule has 1 saturated heterocycles. The van der Waals surface area contributed by atoms with Gasteiger partial charge in [-0.2, -0.15) is 4.31 Å². The predicted octanol–water partition coefficient (Wildman–Crippen LogP) is 5.59. The molecule has 0 bridgehead atoms. The maximum absolute atomic E-state index is 13.9. The Morgan fingerprint density at radius 1 is 1.08 bits per heavy atom. The topological polar surface area (TPSA) is 83.5 Å². The van der Waals surface area contributed by atoms with Crippen molar-refractivity contribution in [3.8, 4) is 0 Å². The van der Waals surface area contributed by atoms with Crippen LogP contribution in [0.5, 0.6) is 0 Å². The molecule has 2 aromatic heterocycles. The van der Waals surface area contributed by atoms with Gasteiger partial charge in [-0.05, 0) is 66.8 Å². The van der Waals surface area contributed by atoms with Crippen LogP contribution in [-0.4, -0.2) is 41.7 Å². The summed E-state index contributed by atoms with van der Waals surface area (Å²) in [6.45, 7) is 4.96. The third kappa shape index (κ3) is 5.34. The number of pyridine rings is 1. The zero-order valence-corrected chi connectivity index (χ0v) is 22.9. The second-order valence-electron chi connectivity index (χ2n) is 9.72. The highest BCUT2D eigenvalue weighted by molar-refractivity contribution is 7.89. The van der Waals surface area contributed by atoms with Gasteiger partial charge in [-0.1, -0.05) is 43.4 Å². The number of thiazole rings is 1. The Hall–Kier alpha value is -3.21. The summed E-state index contributed by atoms with van der Waals surface area (Å²) in [6.07, 6.45) is 2.48. The van der Waals surface area contributed by atoms with Crippen LogP contribution in [0, 0.1) is 11.7 Å². The number of benzene rings is 2. The highest BCUT2D eigenvalue weighted by Gasteiger charge is 2.35. The second-order valence-corrected chi connectivity index (χ2v) is 12.7. The molecule has 0 spiro atoms. The lowest BCUT2D eigenvalue weighted by atomic mass is 9.96. The Morgan fingerprint density at radius 3 is 2.47 bits per heavy atom. The molecule has 38 heavy (non-hydrogen) atoms. The Bertz CT molecular complexity index is 1530. The van der Waals surface area contributed by atoms with Crippen molar-refractivity contribution < 1.29 is 17.6 Å². The molecule has 1 aliphatic rings. The van der Waals surface area contributed by atoms with Gasteiger partial charge in [0.15, 0.2) is 5.13 Å². The maximum atomic E-state index is 13.9. The fraction of sp³-hybridized carbons (Fsp3) is 0.321. The Balaban J connectivity index is 1.39. The van der Waals surface area contributed by atoms with E-state index in [4.69, 9.17) is 4.98 Å². The standard InChI is InChI=1S/C28H29FN4O3S2/c1-19(2)24-7-5-8-25-26(24)31-28(37-25)33(18-22-6-3-4-15-30-22)27(34)20-13-16-32(17-14-20)38(35,36)23-11-9-21(29)10-12-23/h3-12,15,19-20H,13-14,16-18H2,1-2H3. The molecule has 10 heteroatoms. The first-order chi connectivity index (χ1) is 18.2. The van der Waals surface area contributed by atoms with Crippen molar-refractivity contribution in [3.63, 3.8) is 0 Å². The van der Waals surface area contributed by atoms with E-state index in [2.05, 4.69) is 24.9 Å². The van der Waals surface area contributed by atoms with E-state index in [1.807, 2.05) is 30.3 Å². The lowest BCUT2D eigenvalue weighted by molar-refractivity contribution is -0.123. The quantitative estimate of drug-likeness (QED) is 0.299. The van der Waals surface area contributed by atoms with Gasteiger partial charge in [0.25, 0.3) is 0 Å². The van der Waals surface area contributed by atoms with E-state index in [0.717, 1.165) is 33.6 Å². The number of aromatic nitrogens is 2. The van der Waals surface area contributed by atoms with E-state index in [-0.39, 0.29) is 36.4 Å². The number of piperidine rings is 1. The molecule has 0 aliphatic carbocycles. The molecule has 1 amide bonds. The summed E-state index contributed by atoms with van der Waals surface area (Å²) in [5, 5.41) is 0.616. The summed E-state index contributed by atoms with van der Waals surface area (Å²) in [4.78, 5) is 25.0. The molecule has 198 valence electrons. The summed E-state index contributed by atoms with van der Waals surface area (Å²) in [7, 11) is -3.76. The third-order valence-electron chi connectivity index (χ3n) is 6.86. The lowest BCUT2D eigenvalue weighted by Gasteiger charge is -2.33. The number of fused-ring (bicyclic) bond motifs is 1. The molecular weight excluding hydrogens is 523 g/mol. The van der Waals surface area contributed by atoms with Crippen molar-refractivity contribution in [2.45, 2.75) is 44.0 Å². The van der Waals surface area contributed by atoms with Crippen LogP contribution < -0.4 is 4.90 Å². The van der Waals surface area contributed by atoms with E-state index in [1.54, 1.807) is 11.1 Å². The zero-order chi connectivity index (χ0) is 26.9. The number of carbonyl (C=O) groups is 1. The van der Waals surface area contributed by atoms with Crippen molar-refractivity contribution in [1.29, 1.82) is 0 Å². The van der Waals surface area contributed by atoms with Crippen molar-refractivity contribution in [1.82, 2.24) is 14.3 Å². The van der Waals surface area contributed by atoms with Crippen LogP contribution in [-0.2, 0) is 21.4 Å². The lowest BCUT2D eigenvalue weighted by Crippen LogP contribution is -2.44. The SMILES string of the molecule is CC(C)c1cccc2sc(N(Cc3ccccn3)C(=O)C3CCN(S(=O)(=O)c4ccc(F)cc4)CC3)nc12. The zero-order valence-electron chi connectivity index (χ0n) is 21.2. The fourth-order valence-electron chi connectivity index (χ4n) is 4.75. The van der Waals surface area contributed by atoms with E-state index in [9.17, 15) is 17.6 Å². The largest absolute Gasteiger partial charge is 0.282 e. The molecule has 5 rings (SSSR count). The average Bonchev–Trinajstić information content (AvgIpc) is 3.36. The van der Waals surface area contributed by atoms with Crippen LogP contribution in [0.1, 0.15) is 43.9 Å². The van der Waals surface area contributed by atoms with Gasteiger partial charge in [-0.25, -0.2) is 17.8 Å². The Kier molecular flexibility index (Phi) is 7.56. The number of halogens is 1. The fourth-order valence-corrected chi connectivity index (χ4v) is 7.23. The number of nitrogens with zero attached hydrogens (tertiary/aromatic N) is 4. The van der Waals surface area contributed by atoms with E-state index in [0.29, 0.717) is 23.9 Å². The van der Waals surface area contributed by atoms with Crippen molar-refractivity contribution >= 4 is 42.6 Å². The van der Waals surface area contributed by atoms with E-state index in [1.165, 1.54) is 27.8 Å². The maximum Gasteiger partial charge on any atom is 0.243 e. The first-order valence-corrected chi connectivity index (χ1v) is 14.9. The van der Waals surface area contributed by atoms with Gasteiger partial charge in [0, 0.05) is 25.2 Å². The van der Waals surface area contributed by atoms with Crippen LogP contribution in [0.2, 0.25) is 0 Å². The molecule has 1 fully saturated rings. The number of para-hydroxylation sites is 1. The molecule has 7 nitrogen and oxygen atoms in total. The first-order valence-electron chi connectivity index (χ1n) is 12.6. The van der Waals surface area contributed by atoms with Crippen LogP contribution in [0.3, 0.4) is 0 Å². The summed E-state index contributed by atoms with van der Waals surface area (Å²) in [5.74, 6) is -0.632. The minimum atomic E-state index is -3.76. The number of sulfonamides is 1. The predicted molar refractivity (Wildman–Crippen MR) is 147 cm³/mol. The number of rotatable bonds is 7. The number of hydrogen-bond donors (Lipinski definition) is 0. The molecule has 0 radical (unpaired) electrons. The highest BCUT2D eigenvalue weighted by atomic mass is 32.2. The number of anilines is 1. The molecule has 0 atom stereocenters. The first kappa shape index (κ1) is 26.4. The number of amides is 1. The van der Waals surface area contributed by atoms with Crippen molar-refractivity contribution in [2.75, 3.05) is 18.0 Å². The van der Waals surface area contributed by atoms with E-state index < -0.39 is 15.8 Å². The molecular formula is C28H29FN4O3S2. The van der Waals surface area contributed by atoms with Crippen LogP contribution in [0.4, 0.5) is 9.52 Å². The minimum absolute atomic E-state index is 0.0517. The minimum Gasteiger partial charge on any atom is -0.282 e. The Morgan fingerprint density at radius 2 is 1.82 bits per heavy atom. The summed E-state index contributed by atoms with van der Waals surface area (Å²) in [6, 6.07) is 16.5. The van der Waals surface area contributed by atoms with Gasteiger partial charge in [-0.3, -0.25) is 14.7 Å². The number of carbonyl (C=O) groups excluding carboxylic acids is 1. The molecule has 0 N–H and O–H groups in total. The molecule has 2 aromatic carbocycles. The normalized spacial score (nSPS) is 15.3. The van der Waals surface area contributed by atoms with Gasteiger partial charge in [0.1, 0.15) is 5.82 Å². The summed E-state index contributed by atoms with van der Waals surface area (Å²) in [5.41, 5.74) is 2.79. The summed E-state index contributed by atoms with van der Waals surface area (Å²) >= 11 is 1.48. The Labute approximate surface area is 226 Å². The van der Waals surface area contributed by atoms with Gasteiger partial charge in [0.2, 0.25) is 15.9 Å². The van der Waals surface area contributed by atoms with Crippen LogP contribution >= 0.6 is 11.3 Å². The highest BCUT2D eigenvalue weighted by Crippen LogP contribution is 2.36. The van der Waals surface area contributed by atoms with Crippen molar-refractivity contribution in [3.05, 3.63) is 83.9 Å². The molecule has 4 aromatic rings.